The van der Waals surface area contributed by atoms with Crippen molar-refractivity contribution in [2.45, 2.75) is 26.4 Å². The molecule has 20 heavy (non-hydrogen) atoms. The Morgan fingerprint density at radius 1 is 1.40 bits per heavy atom. The smallest absolute Gasteiger partial charge is 0.258 e. The second kappa shape index (κ2) is 6.41. The fourth-order valence-electron chi connectivity index (χ4n) is 1.90. The Morgan fingerprint density at radius 3 is 2.70 bits per heavy atom. The second-order valence-corrected chi connectivity index (χ2v) is 6.72. The summed E-state index contributed by atoms with van der Waals surface area (Å²) in [6.07, 6.45) is 0. The van der Waals surface area contributed by atoms with Crippen molar-refractivity contribution in [3.63, 3.8) is 0 Å². The third-order valence-electron chi connectivity index (χ3n) is 2.98. The minimum absolute atomic E-state index is 0.00112. The van der Waals surface area contributed by atoms with Gasteiger partial charge in [0.15, 0.2) is 0 Å². The maximum absolute atomic E-state index is 12.6. The number of benzene rings is 1. The fraction of sp³-hybridized carbons (Fsp3) is 0.267. The number of amides is 1. The van der Waals surface area contributed by atoms with Gasteiger partial charge in [-0.2, -0.15) is 0 Å². The lowest BCUT2D eigenvalue weighted by molar-refractivity contribution is 0.0689. The van der Waals surface area contributed by atoms with Crippen LogP contribution in [0.1, 0.15) is 29.1 Å². The van der Waals surface area contributed by atoms with Crippen LogP contribution >= 0.6 is 27.3 Å². The zero-order valence-corrected chi connectivity index (χ0v) is 13.7. The predicted octanol–water partition coefficient (Wildman–Crippen LogP) is 4.27. The maximum Gasteiger partial charge on any atom is 0.258 e. The van der Waals surface area contributed by atoms with Gasteiger partial charge in [0, 0.05) is 15.4 Å². The minimum atomic E-state index is -0.154. The summed E-state index contributed by atoms with van der Waals surface area (Å²) >= 11 is 4.90. The first kappa shape index (κ1) is 15.1. The fourth-order valence-corrected chi connectivity index (χ4v) is 2.95. The predicted molar refractivity (Wildman–Crippen MR) is 85.1 cm³/mol. The largest absolute Gasteiger partial charge is 0.507 e. The molecular weight excluding hydrogens is 338 g/mol. The molecule has 0 saturated heterocycles. The molecule has 0 aliphatic heterocycles. The number of phenolic OH excluding ortho intramolecular Hbond substituents is 1. The number of phenols is 1. The molecule has 0 unspecified atom stereocenters. The van der Waals surface area contributed by atoms with Crippen LogP contribution in [0.25, 0.3) is 0 Å². The van der Waals surface area contributed by atoms with Crippen LogP contribution in [0.15, 0.2) is 40.2 Å². The first-order chi connectivity index (χ1) is 9.49. The van der Waals surface area contributed by atoms with Crippen LogP contribution in [-0.4, -0.2) is 22.0 Å². The molecule has 2 rings (SSSR count). The van der Waals surface area contributed by atoms with E-state index in [-0.39, 0.29) is 17.7 Å². The Bertz CT molecular complexity index is 596. The number of rotatable bonds is 4. The van der Waals surface area contributed by atoms with Gasteiger partial charge >= 0.3 is 0 Å². The summed E-state index contributed by atoms with van der Waals surface area (Å²) in [5, 5.41) is 11.9. The highest BCUT2D eigenvalue weighted by atomic mass is 79.9. The Balaban J connectivity index is 2.27. The summed E-state index contributed by atoms with van der Waals surface area (Å²) in [5.41, 5.74) is 0.332. The summed E-state index contributed by atoms with van der Waals surface area (Å²) in [5.74, 6) is -0.153. The summed E-state index contributed by atoms with van der Waals surface area (Å²) < 4.78 is 0.751. The average Bonchev–Trinajstić information content (AvgIpc) is 2.87. The average molecular weight is 354 g/mol. The van der Waals surface area contributed by atoms with E-state index in [1.807, 2.05) is 31.4 Å². The molecule has 0 bridgehead atoms. The lowest BCUT2D eigenvalue weighted by Gasteiger charge is -2.26. The van der Waals surface area contributed by atoms with E-state index in [1.54, 1.807) is 28.4 Å². The molecule has 1 aromatic heterocycles. The third-order valence-corrected chi connectivity index (χ3v) is 4.34. The number of thiophene rings is 1. The first-order valence-corrected chi connectivity index (χ1v) is 7.98. The van der Waals surface area contributed by atoms with E-state index >= 15 is 0 Å². The van der Waals surface area contributed by atoms with Gasteiger partial charge in [-0.15, -0.1) is 11.3 Å². The summed E-state index contributed by atoms with van der Waals surface area (Å²) in [7, 11) is 0. The monoisotopic (exact) mass is 353 g/mol. The van der Waals surface area contributed by atoms with Gasteiger partial charge in [-0.1, -0.05) is 22.0 Å². The highest BCUT2D eigenvalue weighted by Gasteiger charge is 2.22. The highest BCUT2D eigenvalue weighted by molar-refractivity contribution is 9.10. The van der Waals surface area contributed by atoms with Gasteiger partial charge in [0.2, 0.25) is 0 Å². The molecule has 5 heteroatoms. The second-order valence-electron chi connectivity index (χ2n) is 4.77. The minimum Gasteiger partial charge on any atom is -0.507 e. The van der Waals surface area contributed by atoms with Crippen molar-refractivity contribution in [2.75, 3.05) is 0 Å². The lowest BCUT2D eigenvalue weighted by atomic mass is 10.1. The number of halogens is 1. The SMILES string of the molecule is CC(C)N(Cc1cccs1)C(=O)c1ccc(Br)cc1O. The van der Waals surface area contributed by atoms with Gasteiger partial charge in [0.05, 0.1) is 12.1 Å². The van der Waals surface area contributed by atoms with E-state index < -0.39 is 0 Å². The van der Waals surface area contributed by atoms with Crippen LogP contribution < -0.4 is 0 Å². The van der Waals surface area contributed by atoms with Crippen molar-refractivity contribution in [3.05, 3.63) is 50.6 Å². The molecule has 0 radical (unpaired) electrons. The molecule has 1 N–H and O–H groups in total. The van der Waals surface area contributed by atoms with Crippen LogP contribution in [0.5, 0.6) is 5.75 Å². The molecule has 106 valence electrons. The first-order valence-electron chi connectivity index (χ1n) is 6.31. The number of hydrogen-bond acceptors (Lipinski definition) is 3. The van der Waals surface area contributed by atoms with E-state index in [9.17, 15) is 9.90 Å². The standard InChI is InChI=1S/C15H16BrNO2S/c1-10(2)17(9-12-4-3-7-20-12)15(19)13-6-5-11(16)8-14(13)18/h3-8,10,18H,9H2,1-2H3. The Morgan fingerprint density at radius 2 is 2.15 bits per heavy atom. The Kier molecular flexibility index (Phi) is 4.83. The van der Waals surface area contributed by atoms with E-state index in [0.29, 0.717) is 12.1 Å². The van der Waals surface area contributed by atoms with Gasteiger partial charge in [-0.3, -0.25) is 4.79 Å². The van der Waals surface area contributed by atoms with E-state index in [2.05, 4.69) is 15.9 Å². The molecule has 1 heterocycles. The Labute approximate surface area is 131 Å². The molecular formula is C15H16BrNO2S. The van der Waals surface area contributed by atoms with Crippen molar-refractivity contribution in [2.24, 2.45) is 0 Å². The Hall–Kier alpha value is -1.33. The van der Waals surface area contributed by atoms with Gasteiger partial charge in [-0.25, -0.2) is 0 Å². The van der Waals surface area contributed by atoms with Crippen molar-refractivity contribution < 1.29 is 9.90 Å². The molecule has 3 nitrogen and oxygen atoms in total. The molecule has 0 spiro atoms. The zero-order valence-electron chi connectivity index (χ0n) is 11.3. The number of nitrogens with zero attached hydrogens (tertiary/aromatic N) is 1. The van der Waals surface area contributed by atoms with E-state index in [4.69, 9.17) is 0 Å². The third kappa shape index (κ3) is 3.41. The van der Waals surface area contributed by atoms with Gasteiger partial charge in [0.25, 0.3) is 5.91 Å². The lowest BCUT2D eigenvalue weighted by Crippen LogP contribution is -2.36. The molecule has 0 aliphatic rings. The molecule has 0 fully saturated rings. The topological polar surface area (TPSA) is 40.5 Å². The number of hydrogen-bond donors (Lipinski definition) is 1. The van der Waals surface area contributed by atoms with Crippen molar-refractivity contribution >= 4 is 33.2 Å². The van der Waals surface area contributed by atoms with Crippen LogP contribution in [0.4, 0.5) is 0 Å². The number of aromatic hydroxyl groups is 1. The molecule has 0 aliphatic carbocycles. The quantitative estimate of drug-likeness (QED) is 0.891. The molecule has 1 amide bonds. The summed E-state index contributed by atoms with van der Waals surface area (Å²) in [6, 6.07) is 8.99. The summed E-state index contributed by atoms with van der Waals surface area (Å²) in [6.45, 7) is 4.51. The maximum atomic E-state index is 12.6. The highest BCUT2D eigenvalue weighted by Crippen LogP contribution is 2.25. The van der Waals surface area contributed by atoms with Gasteiger partial charge < -0.3 is 10.0 Å². The van der Waals surface area contributed by atoms with Crippen LogP contribution in [0, 0.1) is 0 Å². The molecule has 1 aromatic carbocycles. The molecule has 0 saturated carbocycles. The van der Waals surface area contributed by atoms with Crippen LogP contribution in [0.3, 0.4) is 0 Å². The van der Waals surface area contributed by atoms with Crippen molar-refractivity contribution in [3.8, 4) is 5.75 Å². The zero-order chi connectivity index (χ0) is 14.7. The van der Waals surface area contributed by atoms with Crippen LogP contribution in [0.2, 0.25) is 0 Å². The van der Waals surface area contributed by atoms with Crippen LogP contribution in [-0.2, 0) is 6.54 Å². The van der Waals surface area contributed by atoms with E-state index in [1.165, 1.54) is 6.07 Å². The van der Waals surface area contributed by atoms with E-state index in [0.717, 1.165) is 9.35 Å². The molecule has 0 atom stereocenters. The summed E-state index contributed by atoms with van der Waals surface area (Å²) in [4.78, 5) is 15.5. The normalized spacial score (nSPS) is 10.8. The van der Waals surface area contributed by atoms with Crippen molar-refractivity contribution in [1.82, 2.24) is 4.90 Å². The van der Waals surface area contributed by atoms with Gasteiger partial charge in [0.1, 0.15) is 5.75 Å². The number of carbonyl (C=O) groups is 1. The number of carbonyl (C=O) groups excluding carboxylic acids is 1. The van der Waals surface area contributed by atoms with Crippen molar-refractivity contribution in [1.29, 1.82) is 0 Å². The molecule has 2 aromatic rings. The van der Waals surface area contributed by atoms with Gasteiger partial charge in [-0.05, 0) is 43.5 Å².